The van der Waals surface area contributed by atoms with Crippen molar-refractivity contribution in [2.75, 3.05) is 43.5 Å². The molecule has 0 spiro atoms. The van der Waals surface area contributed by atoms with Crippen LogP contribution in [0.3, 0.4) is 0 Å². The molecule has 1 aliphatic heterocycles. The summed E-state index contributed by atoms with van der Waals surface area (Å²) in [6.45, 7) is 15.9. The van der Waals surface area contributed by atoms with E-state index in [2.05, 4.69) is 92.0 Å². The topological polar surface area (TPSA) is 177 Å². The lowest BCUT2D eigenvalue weighted by atomic mass is 9.93. The van der Waals surface area contributed by atoms with Gasteiger partial charge in [0.15, 0.2) is 0 Å². The third kappa shape index (κ3) is 13.9. The molecule has 1 aromatic heterocycles. The summed E-state index contributed by atoms with van der Waals surface area (Å²) >= 11 is 0. The number of benzene rings is 2. The fourth-order valence-electron chi connectivity index (χ4n) is 6.75. The van der Waals surface area contributed by atoms with Gasteiger partial charge >= 0.3 is 12.1 Å². The van der Waals surface area contributed by atoms with Crippen molar-refractivity contribution >= 4 is 35.1 Å². The Morgan fingerprint density at radius 1 is 0.828 bits per heavy atom. The fourth-order valence-corrected chi connectivity index (χ4v) is 6.75. The normalized spacial score (nSPS) is 13.5. The molecule has 2 unspecified atom stereocenters. The van der Waals surface area contributed by atoms with Gasteiger partial charge in [0.1, 0.15) is 11.6 Å². The fraction of sp³-hybridized carbons (Fsp3) is 0.455. The highest BCUT2D eigenvalue weighted by molar-refractivity contribution is 5.87. The summed E-state index contributed by atoms with van der Waals surface area (Å²) in [6.07, 6.45) is 12.1. The number of methoxy groups -OCH3 is 1. The number of unbranched alkanes of at least 4 members (excludes halogenated alkanes) is 2. The molecule has 6 N–H and O–H groups in total. The van der Waals surface area contributed by atoms with E-state index in [0.717, 1.165) is 79.8 Å². The summed E-state index contributed by atoms with van der Waals surface area (Å²) in [5, 5.41) is 23.6. The van der Waals surface area contributed by atoms with Gasteiger partial charge in [0.25, 0.3) is 5.56 Å². The number of amides is 4. The third-order valence-corrected chi connectivity index (χ3v) is 10.1. The van der Waals surface area contributed by atoms with Crippen LogP contribution in [0.2, 0.25) is 0 Å². The number of aromatic amines is 1. The van der Waals surface area contributed by atoms with Crippen LogP contribution in [-0.2, 0) is 0 Å². The van der Waals surface area contributed by atoms with Crippen LogP contribution in [0.15, 0.2) is 99.4 Å². The SMILES string of the molecule is C=C1C=C(NC(=O)NCCN(CCNC(=O)Nc2nc(C(CC)CCCC)c(C)c(=O)[nH]2)c2ccc(N=Nc3ccc(OC)cc3)cc2)NC(C(CC)CCCC)=C1. The third-order valence-electron chi connectivity index (χ3n) is 10.1. The first-order valence-electron chi connectivity index (χ1n) is 20.6. The molecule has 2 atom stereocenters. The molecule has 2 aromatic carbocycles. The van der Waals surface area contributed by atoms with Crippen molar-refractivity contribution in [2.24, 2.45) is 16.1 Å². The Kier molecular flexibility index (Phi) is 18.0. The van der Waals surface area contributed by atoms with Crippen LogP contribution in [0.4, 0.5) is 32.6 Å². The van der Waals surface area contributed by atoms with Gasteiger partial charge < -0.3 is 25.6 Å². The average Bonchev–Trinajstić information content (AvgIpc) is 3.21. The van der Waals surface area contributed by atoms with E-state index < -0.39 is 6.03 Å². The van der Waals surface area contributed by atoms with Gasteiger partial charge in [-0.05, 0) is 105 Å². The molecular formula is C44H62N10O4. The summed E-state index contributed by atoms with van der Waals surface area (Å²) in [5.74, 6) is 1.94. The van der Waals surface area contributed by atoms with E-state index in [0.29, 0.717) is 48.3 Å². The smallest absolute Gasteiger partial charge is 0.321 e. The number of azo groups is 1. The number of hydrogen-bond acceptors (Lipinski definition) is 9. The van der Waals surface area contributed by atoms with Gasteiger partial charge in [-0.3, -0.25) is 20.4 Å². The van der Waals surface area contributed by atoms with Gasteiger partial charge in [0.2, 0.25) is 5.95 Å². The number of rotatable bonds is 22. The number of H-pyrrole nitrogens is 1. The molecule has 2 heterocycles. The molecule has 312 valence electrons. The largest absolute Gasteiger partial charge is 0.497 e. The van der Waals surface area contributed by atoms with E-state index in [1.165, 1.54) is 0 Å². The summed E-state index contributed by atoms with van der Waals surface area (Å²) < 4.78 is 5.22. The van der Waals surface area contributed by atoms with Crippen LogP contribution in [0, 0.1) is 12.8 Å². The molecule has 0 aliphatic carbocycles. The molecule has 58 heavy (non-hydrogen) atoms. The van der Waals surface area contributed by atoms with E-state index in [-0.39, 0.29) is 30.0 Å². The Hall–Kier alpha value is -5.92. The molecule has 0 fully saturated rings. The Balaban J connectivity index is 1.40. The molecule has 14 heteroatoms. The number of ether oxygens (including phenoxy) is 1. The van der Waals surface area contributed by atoms with Crippen molar-refractivity contribution in [3.8, 4) is 5.75 Å². The molecule has 0 saturated carbocycles. The number of nitrogens with one attached hydrogen (secondary N) is 6. The van der Waals surface area contributed by atoms with Crippen molar-refractivity contribution in [3.05, 3.63) is 106 Å². The molecule has 0 saturated heterocycles. The minimum Gasteiger partial charge on any atom is -0.497 e. The van der Waals surface area contributed by atoms with E-state index in [9.17, 15) is 14.4 Å². The van der Waals surface area contributed by atoms with Gasteiger partial charge in [-0.1, -0.05) is 60.0 Å². The van der Waals surface area contributed by atoms with Crippen molar-refractivity contribution in [1.29, 1.82) is 0 Å². The predicted octanol–water partition coefficient (Wildman–Crippen LogP) is 9.21. The summed E-state index contributed by atoms with van der Waals surface area (Å²) in [4.78, 5) is 48.3. The zero-order chi connectivity index (χ0) is 41.9. The van der Waals surface area contributed by atoms with Crippen LogP contribution in [0.5, 0.6) is 5.75 Å². The maximum atomic E-state index is 13.1. The molecular weight excluding hydrogens is 733 g/mol. The number of carbonyl (C=O) groups excluding carboxylic acids is 2. The number of carbonyl (C=O) groups is 2. The molecule has 1 aliphatic rings. The van der Waals surface area contributed by atoms with Gasteiger partial charge in [-0.15, -0.1) is 0 Å². The maximum absolute atomic E-state index is 13.1. The highest BCUT2D eigenvalue weighted by atomic mass is 16.5. The molecule has 3 aromatic rings. The van der Waals surface area contributed by atoms with E-state index >= 15 is 0 Å². The second-order valence-corrected chi connectivity index (χ2v) is 14.4. The lowest BCUT2D eigenvalue weighted by molar-refractivity contribution is 0.243. The average molecular weight is 795 g/mol. The lowest BCUT2D eigenvalue weighted by Crippen LogP contribution is -2.44. The van der Waals surface area contributed by atoms with Crippen molar-refractivity contribution in [1.82, 2.24) is 31.2 Å². The van der Waals surface area contributed by atoms with E-state index in [1.807, 2.05) is 54.6 Å². The van der Waals surface area contributed by atoms with E-state index in [1.54, 1.807) is 14.0 Å². The van der Waals surface area contributed by atoms with Crippen molar-refractivity contribution in [3.63, 3.8) is 0 Å². The number of aromatic nitrogens is 2. The summed E-state index contributed by atoms with van der Waals surface area (Å²) in [5.41, 5.74) is 5.15. The van der Waals surface area contributed by atoms with Gasteiger partial charge in [-0.25, -0.2) is 14.6 Å². The first-order valence-corrected chi connectivity index (χ1v) is 20.6. The Morgan fingerprint density at radius 2 is 1.40 bits per heavy atom. The van der Waals surface area contributed by atoms with Crippen LogP contribution >= 0.6 is 0 Å². The zero-order valence-corrected chi connectivity index (χ0v) is 35.0. The Bertz CT molecular complexity index is 1950. The molecule has 14 nitrogen and oxygen atoms in total. The minimum absolute atomic E-state index is 0.115. The molecule has 4 rings (SSSR count). The van der Waals surface area contributed by atoms with Gasteiger partial charge in [0, 0.05) is 49.0 Å². The van der Waals surface area contributed by atoms with Gasteiger partial charge in [-0.2, -0.15) is 10.2 Å². The van der Waals surface area contributed by atoms with E-state index in [4.69, 9.17) is 4.74 Å². The highest BCUT2D eigenvalue weighted by Crippen LogP contribution is 2.27. The highest BCUT2D eigenvalue weighted by Gasteiger charge is 2.20. The molecule has 0 radical (unpaired) electrons. The number of nitrogens with zero attached hydrogens (tertiary/aromatic N) is 4. The lowest BCUT2D eigenvalue weighted by Gasteiger charge is -2.27. The number of urea groups is 2. The molecule has 4 amide bonds. The standard InChI is InChI=1S/C44H62N10O4/c1-8-12-14-32(10-3)38-28-30(5)29-39(47-38)48-43(56)45-24-26-54(36-20-16-34(17-21-36)52-53-35-18-22-37(58-7)23-19-35)27-25-46-44(57)51-42-49-40(31(6)41(55)50-42)33(11-4)15-13-9-2/h16-23,28-29,32-33,47H,5,8-15,24-27H2,1-4,6-7H3,(H2,45,48,56)(H3,46,49,50,51,55,57). The summed E-state index contributed by atoms with van der Waals surface area (Å²) in [7, 11) is 1.61. The van der Waals surface area contributed by atoms with Crippen LogP contribution in [-0.4, -0.2) is 55.3 Å². The van der Waals surface area contributed by atoms with Crippen LogP contribution < -0.4 is 41.8 Å². The molecule has 0 bridgehead atoms. The van der Waals surface area contributed by atoms with Crippen LogP contribution in [0.25, 0.3) is 0 Å². The number of anilines is 2. The first-order chi connectivity index (χ1) is 28.1. The predicted molar refractivity (Wildman–Crippen MR) is 233 cm³/mol. The second-order valence-electron chi connectivity index (χ2n) is 14.4. The van der Waals surface area contributed by atoms with Crippen molar-refractivity contribution in [2.45, 2.75) is 91.9 Å². The van der Waals surface area contributed by atoms with Gasteiger partial charge in [0.05, 0.1) is 24.2 Å². The Morgan fingerprint density at radius 3 is 1.97 bits per heavy atom. The second kappa shape index (κ2) is 23.3. The Labute approximate surface area is 343 Å². The first kappa shape index (κ1) is 44.8. The maximum Gasteiger partial charge on any atom is 0.321 e. The number of dihydropyridines is 1. The van der Waals surface area contributed by atoms with Crippen molar-refractivity contribution < 1.29 is 14.3 Å². The number of allylic oxidation sites excluding steroid dienone is 4. The monoisotopic (exact) mass is 794 g/mol. The quantitative estimate of drug-likeness (QED) is 0.0549. The number of hydrogen-bond donors (Lipinski definition) is 6. The van der Waals surface area contributed by atoms with Crippen LogP contribution in [0.1, 0.15) is 96.2 Å². The zero-order valence-electron chi connectivity index (χ0n) is 35.0. The summed E-state index contributed by atoms with van der Waals surface area (Å²) in [6, 6.07) is 14.0. The minimum atomic E-state index is -0.491.